The highest BCUT2D eigenvalue weighted by Gasteiger charge is 2.14. The average molecular weight is 304 g/mol. The van der Waals surface area contributed by atoms with Crippen molar-refractivity contribution in [2.45, 2.75) is 26.0 Å². The highest BCUT2D eigenvalue weighted by Crippen LogP contribution is 2.25. The van der Waals surface area contributed by atoms with Crippen molar-refractivity contribution < 1.29 is 19.0 Å². The molecule has 22 heavy (non-hydrogen) atoms. The molecule has 1 aromatic heterocycles. The number of hydrogen-bond donors (Lipinski definition) is 2. The van der Waals surface area contributed by atoms with E-state index in [0.717, 1.165) is 0 Å². The van der Waals surface area contributed by atoms with Crippen molar-refractivity contribution in [2.75, 3.05) is 0 Å². The Morgan fingerprint density at radius 1 is 1.36 bits per heavy atom. The van der Waals surface area contributed by atoms with Gasteiger partial charge < -0.3 is 15.2 Å². The van der Waals surface area contributed by atoms with Gasteiger partial charge in [0.1, 0.15) is 6.10 Å². The Hall–Kier alpha value is -2.47. The standard InChI is InChI=1S/C16H17FN2O3/c1-2-13(20)15(21)19-10-11-6-5-9-18-16(11)22-14-8-4-3-7-12(14)17/h3-9,13,20H,2,10H2,1H3,(H,19,21)/t13-/m0/s1. The molecule has 1 heterocycles. The monoisotopic (exact) mass is 304 g/mol. The van der Waals surface area contributed by atoms with Crippen LogP contribution in [0.5, 0.6) is 11.6 Å². The number of aliphatic hydroxyl groups excluding tert-OH is 1. The predicted octanol–water partition coefficient (Wildman–Crippen LogP) is 2.40. The summed E-state index contributed by atoms with van der Waals surface area (Å²) in [5, 5.41) is 12.0. The minimum Gasteiger partial charge on any atom is -0.436 e. The Bertz CT molecular complexity index is 649. The van der Waals surface area contributed by atoms with Crippen molar-refractivity contribution in [1.82, 2.24) is 10.3 Å². The van der Waals surface area contributed by atoms with Crippen molar-refractivity contribution in [3.8, 4) is 11.6 Å². The maximum Gasteiger partial charge on any atom is 0.249 e. The lowest BCUT2D eigenvalue weighted by molar-refractivity contribution is -0.129. The Morgan fingerprint density at radius 2 is 2.14 bits per heavy atom. The molecule has 0 unspecified atom stereocenters. The van der Waals surface area contributed by atoms with Gasteiger partial charge in [0, 0.05) is 18.3 Å². The first-order chi connectivity index (χ1) is 10.6. The zero-order valence-corrected chi connectivity index (χ0v) is 12.1. The van der Waals surface area contributed by atoms with Crippen LogP contribution in [0.15, 0.2) is 42.6 Å². The van der Waals surface area contributed by atoms with Crippen molar-refractivity contribution >= 4 is 5.91 Å². The van der Waals surface area contributed by atoms with Crippen LogP contribution in [0.3, 0.4) is 0 Å². The summed E-state index contributed by atoms with van der Waals surface area (Å²) in [4.78, 5) is 15.6. The van der Waals surface area contributed by atoms with E-state index in [1.165, 1.54) is 18.3 Å². The van der Waals surface area contributed by atoms with Gasteiger partial charge >= 0.3 is 0 Å². The largest absolute Gasteiger partial charge is 0.436 e. The van der Waals surface area contributed by atoms with Crippen LogP contribution in [0.25, 0.3) is 0 Å². The molecule has 2 rings (SSSR count). The lowest BCUT2D eigenvalue weighted by Gasteiger charge is -2.12. The quantitative estimate of drug-likeness (QED) is 0.859. The first-order valence-corrected chi connectivity index (χ1v) is 6.94. The number of benzene rings is 1. The number of nitrogens with one attached hydrogen (secondary N) is 1. The van der Waals surface area contributed by atoms with Crippen LogP contribution in [0.1, 0.15) is 18.9 Å². The number of nitrogens with zero attached hydrogens (tertiary/aromatic N) is 1. The molecule has 6 heteroatoms. The molecule has 0 aliphatic heterocycles. The summed E-state index contributed by atoms with van der Waals surface area (Å²) in [6, 6.07) is 9.40. The molecule has 116 valence electrons. The molecule has 2 aromatic rings. The van der Waals surface area contributed by atoms with Gasteiger partial charge in [-0.05, 0) is 24.6 Å². The third-order valence-corrected chi connectivity index (χ3v) is 3.04. The van der Waals surface area contributed by atoms with Crippen LogP contribution in [0, 0.1) is 5.82 Å². The fourth-order valence-electron chi connectivity index (χ4n) is 1.77. The molecule has 0 spiro atoms. The van der Waals surface area contributed by atoms with Crippen LogP contribution >= 0.6 is 0 Å². The fraction of sp³-hybridized carbons (Fsp3) is 0.250. The Morgan fingerprint density at radius 3 is 2.86 bits per heavy atom. The molecule has 0 aliphatic rings. The lowest BCUT2D eigenvalue weighted by atomic mass is 10.2. The molecule has 0 fully saturated rings. The second-order valence-corrected chi connectivity index (χ2v) is 4.64. The predicted molar refractivity (Wildman–Crippen MR) is 78.9 cm³/mol. The zero-order valence-electron chi connectivity index (χ0n) is 12.1. The fourth-order valence-corrected chi connectivity index (χ4v) is 1.77. The maximum atomic E-state index is 13.6. The van der Waals surface area contributed by atoms with Crippen molar-refractivity contribution in [2.24, 2.45) is 0 Å². The van der Waals surface area contributed by atoms with Gasteiger partial charge in [-0.2, -0.15) is 0 Å². The number of ether oxygens (including phenoxy) is 1. The van der Waals surface area contributed by atoms with Crippen LogP contribution in [0.2, 0.25) is 0 Å². The van der Waals surface area contributed by atoms with Crippen LogP contribution in [-0.4, -0.2) is 22.1 Å². The van der Waals surface area contributed by atoms with Gasteiger partial charge in [-0.3, -0.25) is 4.79 Å². The van der Waals surface area contributed by atoms with Crippen molar-refractivity contribution in [1.29, 1.82) is 0 Å². The van der Waals surface area contributed by atoms with E-state index in [2.05, 4.69) is 10.3 Å². The second-order valence-electron chi connectivity index (χ2n) is 4.64. The van der Waals surface area contributed by atoms with Gasteiger partial charge in [-0.15, -0.1) is 0 Å². The summed E-state index contributed by atoms with van der Waals surface area (Å²) in [5.41, 5.74) is 0.586. The van der Waals surface area contributed by atoms with Gasteiger partial charge in [0.15, 0.2) is 11.6 Å². The van der Waals surface area contributed by atoms with E-state index < -0.39 is 17.8 Å². The SMILES string of the molecule is CC[C@H](O)C(=O)NCc1cccnc1Oc1ccccc1F. The van der Waals surface area contributed by atoms with E-state index in [1.54, 1.807) is 31.2 Å². The molecule has 0 radical (unpaired) electrons. The summed E-state index contributed by atoms with van der Waals surface area (Å²) < 4.78 is 19.1. The normalized spacial score (nSPS) is 11.8. The average Bonchev–Trinajstić information content (AvgIpc) is 2.55. The summed E-state index contributed by atoms with van der Waals surface area (Å²) in [6.45, 7) is 1.84. The number of aromatic nitrogens is 1. The Balaban J connectivity index is 2.10. The number of aliphatic hydroxyl groups is 1. The number of para-hydroxylation sites is 1. The van der Waals surface area contributed by atoms with Gasteiger partial charge in [0.2, 0.25) is 11.8 Å². The smallest absolute Gasteiger partial charge is 0.249 e. The van der Waals surface area contributed by atoms with E-state index in [0.29, 0.717) is 12.0 Å². The third kappa shape index (κ3) is 4.02. The molecule has 2 N–H and O–H groups in total. The lowest BCUT2D eigenvalue weighted by Crippen LogP contribution is -2.33. The highest BCUT2D eigenvalue weighted by molar-refractivity contribution is 5.80. The van der Waals surface area contributed by atoms with Gasteiger partial charge in [-0.1, -0.05) is 25.1 Å². The number of carbonyl (C=O) groups excluding carboxylic acids is 1. The first kappa shape index (κ1) is 15.9. The molecule has 1 atom stereocenters. The topological polar surface area (TPSA) is 71.5 Å². The Labute approximate surface area is 127 Å². The number of amides is 1. The van der Waals surface area contributed by atoms with Crippen LogP contribution in [0.4, 0.5) is 4.39 Å². The van der Waals surface area contributed by atoms with Crippen LogP contribution in [-0.2, 0) is 11.3 Å². The van der Waals surface area contributed by atoms with Crippen molar-refractivity contribution in [3.63, 3.8) is 0 Å². The van der Waals surface area contributed by atoms with Gasteiger partial charge in [0.05, 0.1) is 0 Å². The molecule has 0 saturated carbocycles. The molecular weight excluding hydrogens is 287 g/mol. The minimum absolute atomic E-state index is 0.0577. The van der Waals surface area contributed by atoms with E-state index in [1.807, 2.05) is 0 Å². The Kier molecular flexibility index (Phi) is 5.43. The summed E-state index contributed by atoms with van der Waals surface area (Å²) in [7, 11) is 0. The molecule has 1 amide bonds. The first-order valence-electron chi connectivity index (χ1n) is 6.94. The van der Waals surface area contributed by atoms with E-state index in [-0.39, 0.29) is 18.2 Å². The maximum absolute atomic E-state index is 13.6. The zero-order chi connectivity index (χ0) is 15.9. The molecule has 0 saturated heterocycles. The molecular formula is C16H17FN2O3. The molecule has 5 nitrogen and oxygen atoms in total. The third-order valence-electron chi connectivity index (χ3n) is 3.04. The van der Waals surface area contributed by atoms with Crippen LogP contribution < -0.4 is 10.1 Å². The van der Waals surface area contributed by atoms with E-state index in [9.17, 15) is 14.3 Å². The second kappa shape index (κ2) is 7.51. The summed E-state index contributed by atoms with van der Waals surface area (Å²) in [6.07, 6.45) is 0.799. The van der Waals surface area contributed by atoms with Gasteiger partial charge in [-0.25, -0.2) is 9.37 Å². The van der Waals surface area contributed by atoms with Gasteiger partial charge in [0.25, 0.3) is 0 Å². The summed E-state index contributed by atoms with van der Waals surface area (Å²) in [5.74, 6) is -0.700. The van der Waals surface area contributed by atoms with E-state index >= 15 is 0 Å². The van der Waals surface area contributed by atoms with Crippen molar-refractivity contribution in [3.05, 3.63) is 54.0 Å². The molecule has 0 bridgehead atoms. The molecule has 1 aromatic carbocycles. The number of carbonyl (C=O) groups is 1. The number of pyridine rings is 1. The molecule has 0 aliphatic carbocycles. The number of halogens is 1. The number of hydrogen-bond acceptors (Lipinski definition) is 4. The number of rotatable bonds is 6. The van der Waals surface area contributed by atoms with E-state index in [4.69, 9.17) is 4.74 Å². The summed E-state index contributed by atoms with van der Waals surface area (Å²) >= 11 is 0. The minimum atomic E-state index is -1.05. The highest BCUT2D eigenvalue weighted by atomic mass is 19.1.